The number of hydrogen-bond donors (Lipinski definition) is 0. The first-order chi connectivity index (χ1) is 22.8. The SMILES string of the molecule is c1ccc(-c2ccc(N(c3ccccc3-c3ccc4c(ccc5c6ccccc6oc45)c3)c3cccc4ccccc34)cc2)cc1. The first-order valence-electron chi connectivity index (χ1n) is 15.7. The van der Waals surface area contributed by atoms with E-state index in [0.29, 0.717) is 0 Å². The lowest BCUT2D eigenvalue weighted by Gasteiger charge is -2.29. The molecule has 2 nitrogen and oxygen atoms in total. The molecule has 1 heterocycles. The smallest absolute Gasteiger partial charge is 0.143 e. The van der Waals surface area contributed by atoms with Gasteiger partial charge in [0.2, 0.25) is 0 Å². The Kier molecular flexibility index (Phi) is 6.17. The van der Waals surface area contributed by atoms with Crippen molar-refractivity contribution in [2.45, 2.75) is 0 Å². The molecular weight excluding hydrogens is 558 g/mol. The lowest BCUT2D eigenvalue weighted by molar-refractivity contribution is 0.672. The maximum atomic E-state index is 6.36. The second kappa shape index (κ2) is 10.8. The minimum absolute atomic E-state index is 0.920. The fraction of sp³-hybridized carbons (Fsp3) is 0. The Balaban J connectivity index is 1.23. The Bertz CT molecular complexity index is 2520. The van der Waals surface area contributed by atoms with Gasteiger partial charge in [0.15, 0.2) is 0 Å². The Morgan fingerprint density at radius 1 is 0.370 bits per heavy atom. The van der Waals surface area contributed by atoms with E-state index in [1.165, 1.54) is 21.9 Å². The van der Waals surface area contributed by atoms with Crippen molar-refractivity contribution < 1.29 is 4.42 Å². The molecule has 0 saturated heterocycles. The van der Waals surface area contributed by atoms with E-state index in [4.69, 9.17) is 4.42 Å². The molecule has 0 spiro atoms. The topological polar surface area (TPSA) is 16.4 Å². The Morgan fingerprint density at radius 3 is 1.91 bits per heavy atom. The lowest BCUT2D eigenvalue weighted by atomic mass is 9.97. The van der Waals surface area contributed by atoms with E-state index in [1.807, 2.05) is 12.1 Å². The van der Waals surface area contributed by atoms with E-state index >= 15 is 0 Å². The highest BCUT2D eigenvalue weighted by molar-refractivity contribution is 6.15. The van der Waals surface area contributed by atoms with Crippen LogP contribution >= 0.6 is 0 Å². The number of anilines is 3. The van der Waals surface area contributed by atoms with E-state index in [1.54, 1.807) is 0 Å². The molecular formula is C44H29NO. The molecule has 0 amide bonds. The van der Waals surface area contributed by atoms with Gasteiger partial charge in [-0.2, -0.15) is 0 Å². The zero-order valence-electron chi connectivity index (χ0n) is 25.1. The van der Waals surface area contributed by atoms with Crippen molar-refractivity contribution in [3.8, 4) is 22.3 Å². The fourth-order valence-corrected chi connectivity index (χ4v) is 6.84. The fourth-order valence-electron chi connectivity index (χ4n) is 6.84. The minimum atomic E-state index is 0.920. The second-order valence-electron chi connectivity index (χ2n) is 11.7. The van der Waals surface area contributed by atoms with Crippen LogP contribution in [0.4, 0.5) is 17.1 Å². The molecule has 2 heteroatoms. The third-order valence-electron chi connectivity index (χ3n) is 9.06. The Hall–Kier alpha value is -6.12. The van der Waals surface area contributed by atoms with Crippen molar-refractivity contribution in [3.63, 3.8) is 0 Å². The normalized spacial score (nSPS) is 11.5. The standard InChI is InChI=1S/C44H29NO/c1-2-11-30(12-3-1)31-21-25-35(26-22-31)45(42-19-10-14-32-13-4-5-15-36(32)42)41-18-8-6-16-37(41)33-23-27-38-34(29-33)24-28-40-39-17-7-9-20-43(39)46-44(38)40/h1-29H. The summed E-state index contributed by atoms with van der Waals surface area (Å²) in [5.41, 5.74) is 9.95. The van der Waals surface area contributed by atoms with Gasteiger partial charge >= 0.3 is 0 Å². The third kappa shape index (κ3) is 4.35. The van der Waals surface area contributed by atoms with Crippen LogP contribution in [0.1, 0.15) is 0 Å². The van der Waals surface area contributed by atoms with Gasteiger partial charge in [0.1, 0.15) is 11.2 Å². The first kappa shape index (κ1) is 26.3. The molecule has 0 bridgehead atoms. The average Bonchev–Trinajstić information content (AvgIpc) is 3.52. The molecule has 0 atom stereocenters. The Labute approximate surface area is 267 Å². The maximum absolute atomic E-state index is 6.36. The van der Waals surface area contributed by atoms with Crippen LogP contribution in [0.2, 0.25) is 0 Å². The summed E-state index contributed by atoms with van der Waals surface area (Å²) in [5.74, 6) is 0. The molecule has 0 saturated carbocycles. The predicted molar refractivity (Wildman–Crippen MR) is 194 cm³/mol. The number of para-hydroxylation sites is 2. The highest BCUT2D eigenvalue weighted by Crippen LogP contribution is 2.44. The first-order valence-corrected chi connectivity index (χ1v) is 15.7. The van der Waals surface area contributed by atoms with Crippen LogP contribution < -0.4 is 4.90 Å². The number of fused-ring (bicyclic) bond motifs is 6. The van der Waals surface area contributed by atoms with Crippen molar-refractivity contribution in [2.24, 2.45) is 0 Å². The molecule has 216 valence electrons. The molecule has 9 aromatic rings. The van der Waals surface area contributed by atoms with Gasteiger partial charge in [-0.3, -0.25) is 0 Å². The molecule has 0 unspecified atom stereocenters. The summed E-state index contributed by atoms with van der Waals surface area (Å²) in [6.45, 7) is 0. The summed E-state index contributed by atoms with van der Waals surface area (Å²) in [5, 5.41) is 7.00. The van der Waals surface area contributed by atoms with Crippen LogP contribution in [0.3, 0.4) is 0 Å². The van der Waals surface area contributed by atoms with Gasteiger partial charge in [-0.1, -0.05) is 127 Å². The molecule has 0 aliphatic rings. The molecule has 8 aromatic carbocycles. The molecule has 0 aliphatic carbocycles. The number of nitrogens with zero attached hydrogens (tertiary/aromatic N) is 1. The molecule has 46 heavy (non-hydrogen) atoms. The summed E-state index contributed by atoms with van der Waals surface area (Å²) in [4.78, 5) is 2.40. The minimum Gasteiger partial charge on any atom is -0.455 e. The summed E-state index contributed by atoms with van der Waals surface area (Å²) in [6, 6.07) is 62.8. The summed E-state index contributed by atoms with van der Waals surface area (Å²) in [7, 11) is 0. The van der Waals surface area contributed by atoms with Crippen LogP contribution in [0.15, 0.2) is 180 Å². The van der Waals surface area contributed by atoms with Crippen molar-refractivity contribution in [1.29, 1.82) is 0 Å². The van der Waals surface area contributed by atoms with Crippen LogP contribution in [-0.4, -0.2) is 0 Å². The van der Waals surface area contributed by atoms with E-state index in [0.717, 1.165) is 60.9 Å². The Morgan fingerprint density at radius 2 is 1.02 bits per heavy atom. The predicted octanol–water partition coefficient (Wildman–Crippen LogP) is 12.7. The van der Waals surface area contributed by atoms with Crippen molar-refractivity contribution in [2.75, 3.05) is 4.90 Å². The van der Waals surface area contributed by atoms with Crippen molar-refractivity contribution >= 4 is 60.5 Å². The second-order valence-corrected chi connectivity index (χ2v) is 11.7. The highest BCUT2D eigenvalue weighted by Gasteiger charge is 2.20. The monoisotopic (exact) mass is 587 g/mol. The molecule has 0 radical (unpaired) electrons. The molecule has 9 rings (SSSR count). The van der Waals surface area contributed by atoms with Gasteiger partial charge in [-0.15, -0.1) is 0 Å². The zero-order valence-corrected chi connectivity index (χ0v) is 25.1. The summed E-state index contributed by atoms with van der Waals surface area (Å²) >= 11 is 0. The average molecular weight is 588 g/mol. The van der Waals surface area contributed by atoms with Gasteiger partial charge in [-0.25, -0.2) is 0 Å². The van der Waals surface area contributed by atoms with E-state index in [-0.39, 0.29) is 0 Å². The van der Waals surface area contributed by atoms with Gasteiger partial charge in [0, 0.05) is 32.8 Å². The highest BCUT2D eigenvalue weighted by atomic mass is 16.3. The third-order valence-corrected chi connectivity index (χ3v) is 9.06. The number of rotatable bonds is 5. The van der Waals surface area contributed by atoms with E-state index in [9.17, 15) is 0 Å². The van der Waals surface area contributed by atoms with Crippen LogP contribution in [0.25, 0.3) is 65.7 Å². The van der Waals surface area contributed by atoms with Crippen LogP contribution in [0, 0.1) is 0 Å². The zero-order chi connectivity index (χ0) is 30.5. The van der Waals surface area contributed by atoms with Crippen LogP contribution in [-0.2, 0) is 0 Å². The molecule has 0 aliphatic heterocycles. The summed E-state index contributed by atoms with van der Waals surface area (Å²) in [6.07, 6.45) is 0. The van der Waals surface area contributed by atoms with E-state index in [2.05, 4.69) is 169 Å². The van der Waals surface area contributed by atoms with Gasteiger partial charge in [0.25, 0.3) is 0 Å². The number of furan rings is 1. The molecule has 0 fully saturated rings. The van der Waals surface area contributed by atoms with Gasteiger partial charge in [-0.05, 0) is 76.0 Å². The quantitative estimate of drug-likeness (QED) is 0.199. The van der Waals surface area contributed by atoms with E-state index < -0.39 is 0 Å². The lowest BCUT2D eigenvalue weighted by Crippen LogP contribution is -2.11. The summed E-state index contributed by atoms with van der Waals surface area (Å²) < 4.78 is 6.36. The van der Waals surface area contributed by atoms with Crippen LogP contribution in [0.5, 0.6) is 0 Å². The number of hydrogen-bond acceptors (Lipinski definition) is 2. The van der Waals surface area contributed by atoms with Gasteiger partial charge in [0.05, 0.1) is 11.4 Å². The van der Waals surface area contributed by atoms with Crippen molar-refractivity contribution in [1.82, 2.24) is 0 Å². The largest absolute Gasteiger partial charge is 0.455 e. The molecule has 0 N–H and O–H groups in total. The molecule has 1 aromatic heterocycles. The van der Waals surface area contributed by atoms with Gasteiger partial charge < -0.3 is 9.32 Å². The number of benzene rings is 8. The van der Waals surface area contributed by atoms with Crippen molar-refractivity contribution in [3.05, 3.63) is 176 Å². The maximum Gasteiger partial charge on any atom is 0.143 e.